The van der Waals surface area contributed by atoms with Crippen LogP contribution in [0.2, 0.25) is 0 Å². The van der Waals surface area contributed by atoms with Gasteiger partial charge in [0.15, 0.2) is 0 Å². The first kappa shape index (κ1) is 15.2. The maximum absolute atomic E-state index is 12.6. The molecule has 1 N–H and O–H groups in total. The van der Waals surface area contributed by atoms with Crippen LogP contribution in [0.1, 0.15) is 40.5 Å². The number of carbonyl (C=O) groups is 4. The molecule has 2 aliphatic heterocycles. The standard InChI is InChI=1S/C16H16N2O5/c1-9(13(19)17-8-4-7-12(17)16(22)23)18-14(20)10-5-2-3-6-11(10)15(18)21/h2-3,5-6,9,12H,4,7-8H2,1H3,(H,22,23)/t9-,12-/m0/s1. The molecule has 2 aliphatic rings. The molecule has 1 saturated heterocycles. The molecular formula is C16H16N2O5. The fraction of sp³-hybridized carbons (Fsp3) is 0.375. The normalized spacial score (nSPS) is 21.5. The maximum Gasteiger partial charge on any atom is 0.326 e. The van der Waals surface area contributed by atoms with Crippen molar-refractivity contribution >= 4 is 23.7 Å². The summed E-state index contributed by atoms with van der Waals surface area (Å²) in [5, 5.41) is 9.18. The van der Waals surface area contributed by atoms with Crippen molar-refractivity contribution in [3.63, 3.8) is 0 Å². The third-order valence-electron chi connectivity index (χ3n) is 4.39. The van der Waals surface area contributed by atoms with Gasteiger partial charge in [0.05, 0.1) is 11.1 Å². The van der Waals surface area contributed by atoms with Crippen LogP contribution in [0.25, 0.3) is 0 Å². The summed E-state index contributed by atoms with van der Waals surface area (Å²) in [4.78, 5) is 50.8. The van der Waals surface area contributed by atoms with E-state index in [4.69, 9.17) is 0 Å². The Hall–Kier alpha value is -2.70. The van der Waals surface area contributed by atoms with E-state index in [2.05, 4.69) is 0 Å². The number of nitrogens with zero attached hydrogens (tertiary/aromatic N) is 2. The zero-order valence-electron chi connectivity index (χ0n) is 12.6. The maximum atomic E-state index is 12.6. The largest absolute Gasteiger partial charge is 0.480 e. The number of benzene rings is 1. The molecule has 1 fully saturated rings. The number of fused-ring (bicyclic) bond motifs is 1. The highest BCUT2D eigenvalue weighted by Crippen LogP contribution is 2.26. The first-order valence-electron chi connectivity index (χ1n) is 7.43. The Morgan fingerprint density at radius 2 is 1.74 bits per heavy atom. The van der Waals surface area contributed by atoms with Crippen LogP contribution in [0.3, 0.4) is 0 Å². The van der Waals surface area contributed by atoms with Crippen molar-refractivity contribution in [2.75, 3.05) is 6.54 Å². The van der Waals surface area contributed by atoms with Gasteiger partial charge >= 0.3 is 5.97 Å². The monoisotopic (exact) mass is 316 g/mol. The minimum absolute atomic E-state index is 0.272. The minimum Gasteiger partial charge on any atom is -0.480 e. The number of rotatable bonds is 3. The van der Waals surface area contributed by atoms with Crippen LogP contribution in [-0.4, -0.2) is 57.2 Å². The first-order valence-corrected chi connectivity index (χ1v) is 7.43. The average Bonchev–Trinajstić information content (AvgIpc) is 3.11. The lowest BCUT2D eigenvalue weighted by molar-refractivity contribution is -0.149. The van der Waals surface area contributed by atoms with E-state index in [0.717, 1.165) is 4.90 Å². The molecule has 0 bridgehead atoms. The molecule has 0 saturated carbocycles. The SMILES string of the molecule is C[C@@H](C(=O)N1CCC[C@H]1C(=O)O)N1C(=O)c2ccccc2C1=O. The lowest BCUT2D eigenvalue weighted by Gasteiger charge is -2.28. The smallest absolute Gasteiger partial charge is 0.326 e. The number of amides is 3. The van der Waals surface area contributed by atoms with Gasteiger partial charge in [0, 0.05) is 6.54 Å². The van der Waals surface area contributed by atoms with Crippen molar-refractivity contribution < 1.29 is 24.3 Å². The number of aliphatic carboxylic acids is 1. The molecule has 0 aromatic heterocycles. The first-order chi connectivity index (χ1) is 10.9. The quantitative estimate of drug-likeness (QED) is 0.830. The lowest BCUT2D eigenvalue weighted by Crippen LogP contribution is -2.52. The van der Waals surface area contributed by atoms with E-state index in [1.165, 1.54) is 11.8 Å². The molecule has 7 nitrogen and oxygen atoms in total. The molecule has 0 unspecified atom stereocenters. The van der Waals surface area contributed by atoms with Gasteiger partial charge in [-0.3, -0.25) is 19.3 Å². The second-order valence-electron chi connectivity index (χ2n) is 5.73. The highest BCUT2D eigenvalue weighted by molar-refractivity contribution is 6.22. The number of carboxylic acid groups (broad SMARTS) is 1. The van der Waals surface area contributed by atoms with Crippen LogP contribution < -0.4 is 0 Å². The van der Waals surface area contributed by atoms with Crippen LogP contribution in [0.4, 0.5) is 0 Å². The summed E-state index contributed by atoms with van der Waals surface area (Å²) in [5.41, 5.74) is 0.543. The van der Waals surface area contributed by atoms with Gasteiger partial charge < -0.3 is 10.0 Å². The van der Waals surface area contributed by atoms with E-state index < -0.39 is 35.8 Å². The molecule has 120 valence electrons. The third-order valence-corrected chi connectivity index (χ3v) is 4.39. The van der Waals surface area contributed by atoms with Crippen molar-refractivity contribution in [3.8, 4) is 0 Å². The summed E-state index contributed by atoms with van der Waals surface area (Å²) >= 11 is 0. The summed E-state index contributed by atoms with van der Waals surface area (Å²) < 4.78 is 0. The number of hydrogen-bond donors (Lipinski definition) is 1. The molecule has 2 heterocycles. The second-order valence-corrected chi connectivity index (χ2v) is 5.73. The zero-order valence-corrected chi connectivity index (χ0v) is 12.6. The Bertz CT molecular complexity index is 679. The van der Waals surface area contributed by atoms with Crippen LogP contribution in [0.5, 0.6) is 0 Å². The molecule has 1 aromatic carbocycles. The fourth-order valence-corrected chi connectivity index (χ4v) is 3.20. The highest BCUT2D eigenvalue weighted by Gasteiger charge is 2.44. The molecule has 3 rings (SSSR count). The van der Waals surface area contributed by atoms with Crippen LogP contribution in [-0.2, 0) is 9.59 Å². The topological polar surface area (TPSA) is 95.0 Å². The molecule has 7 heteroatoms. The number of carboxylic acids is 1. The molecule has 0 radical (unpaired) electrons. The molecule has 3 amide bonds. The van der Waals surface area contributed by atoms with Gasteiger partial charge in [-0.25, -0.2) is 4.79 Å². The number of carbonyl (C=O) groups excluding carboxylic acids is 3. The molecule has 0 spiro atoms. The van der Waals surface area contributed by atoms with E-state index >= 15 is 0 Å². The van der Waals surface area contributed by atoms with Gasteiger partial charge in [-0.1, -0.05) is 12.1 Å². The van der Waals surface area contributed by atoms with E-state index in [1.807, 2.05) is 0 Å². The fourth-order valence-electron chi connectivity index (χ4n) is 3.20. The van der Waals surface area contributed by atoms with E-state index in [-0.39, 0.29) is 11.1 Å². The Labute approximate surface area is 132 Å². The minimum atomic E-state index is -1.06. The molecule has 23 heavy (non-hydrogen) atoms. The molecule has 2 atom stereocenters. The Morgan fingerprint density at radius 1 is 1.17 bits per heavy atom. The average molecular weight is 316 g/mol. The van der Waals surface area contributed by atoms with Gasteiger partial charge in [-0.15, -0.1) is 0 Å². The van der Waals surface area contributed by atoms with Crippen molar-refractivity contribution in [2.45, 2.75) is 31.8 Å². The van der Waals surface area contributed by atoms with Crippen molar-refractivity contribution in [3.05, 3.63) is 35.4 Å². The number of likely N-dealkylation sites (tertiary alicyclic amines) is 1. The zero-order chi connectivity index (χ0) is 16.7. The van der Waals surface area contributed by atoms with Crippen molar-refractivity contribution in [1.82, 2.24) is 9.80 Å². The number of hydrogen-bond acceptors (Lipinski definition) is 4. The number of imide groups is 1. The van der Waals surface area contributed by atoms with Gasteiger partial charge in [0.2, 0.25) is 5.91 Å². The summed E-state index contributed by atoms with van der Waals surface area (Å²) in [6.45, 7) is 1.78. The second kappa shape index (κ2) is 5.49. The van der Waals surface area contributed by atoms with E-state index in [1.54, 1.807) is 24.3 Å². The molecular weight excluding hydrogens is 300 g/mol. The van der Waals surface area contributed by atoms with Gasteiger partial charge in [-0.05, 0) is 31.9 Å². The van der Waals surface area contributed by atoms with Crippen molar-refractivity contribution in [2.24, 2.45) is 0 Å². The Balaban J connectivity index is 1.85. The summed E-state index contributed by atoms with van der Waals surface area (Å²) in [7, 11) is 0. The van der Waals surface area contributed by atoms with Gasteiger partial charge in [0.1, 0.15) is 12.1 Å². The van der Waals surface area contributed by atoms with Gasteiger partial charge in [0.25, 0.3) is 11.8 Å². The summed E-state index contributed by atoms with van der Waals surface area (Å²) in [5.74, 6) is -2.61. The molecule has 1 aromatic rings. The van der Waals surface area contributed by atoms with Crippen molar-refractivity contribution in [1.29, 1.82) is 0 Å². The summed E-state index contributed by atoms with van der Waals surface area (Å²) in [6, 6.07) is 4.48. The van der Waals surface area contributed by atoms with Crippen LogP contribution in [0, 0.1) is 0 Å². The predicted octanol–water partition coefficient (Wildman–Crippen LogP) is 0.747. The summed E-state index contributed by atoms with van der Waals surface area (Å²) in [6.07, 6.45) is 0.980. The third kappa shape index (κ3) is 2.28. The van der Waals surface area contributed by atoms with Crippen LogP contribution >= 0.6 is 0 Å². The van der Waals surface area contributed by atoms with Crippen LogP contribution in [0.15, 0.2) is 24.3 Å². The Kier molecular flexibility index (Phi) is 3.63. The predicted molar refractivity (Wildman–Crippen MR) is 78.8 cm³/mol. The lowest BCUT2D eigenvalue weighted by atomic mass is 10.1. The molecule has 0 aliphatic carbocycles. The Morgan fingerprint density at radius 3 is 2.26 bits per heavy atom. The van der Waals surface area contributed by atoms with Gasteiger partial charge in [-0.2, -0.15) is 0 Å². The van der Waals surface area contributed by atoms with E-state index in [0.29, 0.717) is 19.4 Å². The highest BCUT2D eigenvalue weighted by atomic mass is 16.4. The van der Waals surface area contributed by atoms with E-state index in [9.17, 15) is 24.3 Å².